The maximum Gasteiger partial charge on any atom is 0.240 e. The van der Waals surface area contributed by atoms with E-state index < -0.39 is 15.8 Å². The SMILES string of the molecule is CN(CCNS(=O)(=O)c1ccc(Br)c(F)c1)C1CC1. The van der Waals surface area contributed by atoms with E-state index in [1.165, 1.54) is 25.0 Å². The molecule has 0 radical (unpaired) electrons. The molecular weight excluding hydrogens is 335 g/mol. The molecule has 0 unspecified atom stereocenters. The van der Waals surface area contributed by atoms with Gasteiger partial charge in [0.1, 0.15) is 5.82 Å². The number of rotatable bonds is 6. The first kappa shape index (κ1) is 14.9. The van der Waals surface area contributed by atoms with Crippen LogP contribution in [-0.4, -0.2) is 39.5 Å². The summed E-state index contributed by atoms with van der Waals surface area (Å²) in [6.45, 7) is 0.982. The van der Waals surface area contributed by atoms with Gasteiger partial charge in [-0.2, -0.15) is 0 Å². The largest absolute Gasteiger partial charge is 0.302 e. The van der Waals surface area contributed by atoms with E-state index >= 15 is 0 Å². The molecule has 0 saturated heterocycles. The van der Waals surface area contributed by atoms with E-state index in [0.29, 0.717) is 19.1 Å². The van der Waals surface area contributed by atoms with Crippen molar-refractivity contribution in [2.75, 3.05) is 20.1 Å². The summed E-state index contributed by atoms with van der Waals surface area (Å²) in [4.78, 5) is 2.08. The fraction of sp³-hybridized carbons (Fsp3) is 0.500. The summed E-state index contributed by atoms with van der Waals surface area (Å²) in [7, 11) is -1.66. The number of hydrogen-bond donors (Lipinski definition) is 1. The Bertz CT molecular complexity index is 561. The van der Waals surface area contributed by atoms with Gasteiger partial charge in [-0.25, -0.2) is 17.5 Å². The van der Waals surface area contributed by atoms with Gasteiger partial charge in [-0.1, -0.05) is 0 Å². The van der Waals surface area contributed by atoms with Crippen molar-refractivity contribution in [3.63, 3.8) is 0 Å². The smallest absolute Gasteiger partial charge is 0.240 e. The van der Waals surface area contributed by atoms with Crippen LogP contribution in [0.25, 0.3) is 0 Å². The molecule has 0 amide bonds. The summed E-state index contributed by atoms with van der Waals surface area (Å²) >= 11 is 2.99. The minimum absolute atomic E-state index is 0.0534. The van der Waals surface area contributed by atoms with Crippen LogP contribution in [0, 0.1) is 5.82 Å². The van der Waals surface area contributed by atoms with Crippen molar-refractivity contribution in [3.8, 4) is 0 Å². The first-order chi connectivity index (χ1) is 8.90. The van der Waals surface area contributed by atoms with Crippen molar-refractivity contribution >= 4 is 26.0 Å². The fourth-order valence-electron chi connectivity index (χ4n) is 1.78. The van der Waals surface area contributed by atoms with Gasteiger partial charge in [0.15, 0.2) is 0 Å². The Hall–Kier alpha value is -0.500. The molecular formula is C12H16BrFN2O2S. The zero-order valence-electron chi connectivity index (χ0n) is 10.6. The monoisotopic (exact) mass is 350 g/mol. The standard InChI is InChI=1S/C12H16BrFN2O2S/c1-16(9-2-3-9)7-6-15-19(17,18)10-4-5-11(13)12(14)8-10/h4-5,8-9,15H,2-3,6-7H2,1H3. The van der Waals surface area contributed by atoms with Crippen molar-refractivity contribution in [2.24, 2.45) is 0 Å². The fourth-order valence-corrected chi connectivity index (χ4v) is 3.06. The summed E-state index contributed by atoms with van der Waals surface area (Å²) in [6, 6.07) is 4.37. The second kappa shape index (κ2) is 5.87. The Kier molecular flexibility index (Phi) is 4.60. The second-order valence-corrected chi connectivity index (χ2v) is 7.31. The molecule has 4 nitrogen and oxygen atoms in total. The molecule has 0 aliphatic heterocycles. The van der Waals surface area contributed by atoms with Crippen molar-refractivity contribution in [1.82, 2.24) is 9.62 Å². The molecule has 1 N–H and O–H groups in total. The average Bonchev–Trinajstić information content (AvgIpc) is 3.16. The highest BCUT2D eigenvalue weighted by molar-refractivity contribution is 9.10. The lowest BCUT2D eigenvalue weighted by molar-refractivity contribution is 0.329. The molecule has 1 aliphatic rings. The Morgan fingerprint density at radius 1 is 1.47 bits per heavy atom. The second-order valence-electron chi connectivity index (χ2n) is 4.69. The number of likely N-dealkylation sites (N-methyl/N-ethyl adjacent to an activating group) is 1. The van der Waals surface area contributed by atoms with Gasteiger partial charge in [-0.3, -0.25) is 0 Å². The molecule has 1 fully saturated rings. The number of nitrogens with one attached hydrogen (secondary N) is 1. The Morgan fingerprint density at radius 2 is 2.16 bits per heavy atom. The minimum Gasteiger partial charge on any atom is -0.302 e. The highest BCUT2D eigenvalue weighted by atomic mass is 79.9. The molecule has 1 saturated carbocycles. The molecule has 1 aromatic carbocycles. The van der Waals surface area contributed by atoms with Gasteiger partial charge in [0.25, 0.3) is 0 Å². The van der Waals surface area contributed by atoms with Gasteiger partial charge >= 0.3 is 0 Å². The van der Waals surface area contributed by atoms with E-state index in [1.54, 1.807) is 0 Å². The van der Waals surface area contributed by atoms with Crippen LogP contribution in [0.3, 0.4) is 0 Å². The summed E-state index contributed by atoms with van der Waals surface area (Å²) in [5.41, 5.74) is 0. The van der Waals surface area contributed by atoms with Crippen LogP contribution in [0.15, 0.2) is 27.6 Å². The van der Waals surface area contributed by atoms with Crippen molar-refractivity contribution < 1.29 is 12.8 Å². The maximum atomic E-state index is 13.3. The molecule has 0 atom stereocenters. The van der Waals surface area contributed by atoms with Gasteiger partial charge < -0.3 is 4.90 Å². The quantitative estimate of drug-likeness (QED) is 0.853. The number of nitrogens with zero attached hydrogens (tertiary/aromatic N) is 1. The van der Waals surface area contributed by atoms with E-state index in [0.717, 1.165) is 6.07 Å². The van der Waals surface area contributed by atoms with Crippen LogP contribution in [-0.2, 0) is 10.0 Å². The minimum atomic E-state index is -3.64. The van der Waals surface area contributed by atoms with Gasteiger partial charge in [0, 0.05) is 19.1 Å². The van der Waals surface area contributed by atoms with E-state index in [9.17, 15) is 12.8 Å². The van der Waals surface area contributed by atoms with Crippen LogP contribution < -0.4 is 4.72 Å². The lowest BCUT2D eigenvalue weighted by Crippen LogP contribution is -2.34. The predicted molar refractivity (Wildman–Crippen MR) is 74.9 cm³/mol. The summed E-state index contributed by atoms with van der Waals surface area (Å²) in [5, 5.41) is 0. The highest BCUT2D eigenvalue weighted by Gasteiger charge is 2.26. The molecule has 2 rings (SSSR count). The zero-order chi connectivity index (χ0) is 14.0. The summed E-state index contributed by atoms with van der Waals surface area (Å²) in [5.74, 6) is -0.585. The number of sulfonamides is 1. The Morgan fingerprint density at radius 3 is 2.74 bits per heavy atom. The van der Waals surface area contributed by atoms with E-state index in [-0.39, 0.29) is 9.37 Å². The third-order valence-corrected chi connectivity index (χ3v) is 5.23. The van der Waals surface area contributed by atoms with Crippen molar-refractivity contribution in [2.45, 2.75) is 23.8 Å². The molecule has 1 aromatic rings. The molecule has 0 heterocycles. The lowest BCUT2D eigenvalue weighted by atomic mass is 10.3. The average molecular weight is 351 g/mol. The molecule has 0 spiro atoms. The molecule has 106 valence electrons. The zero-order valence-corrected chi connectivity index (χ0v) is 13.0. The van der Waals surface area contributed by atoms with Crippen LogP contribution in [0.1, 0.15) is 12.8 Å². The van der Waals surface area contributed by atoms with Crippen LogP contribution in [0.5, 0.6) is 0 Å². The van der Waals surface area contributed by atoms with Gasteiger partial charge in [-0.15, -0.1) is 0 Å². The first-order valence-corrected chi connectivity index (χ1v) is 8.33. The normalized spacial score (nSPS) is 16.0. The number of benzene rings is 1. The van der Waals surface area contributed by atoms with Gasteiger partial charge in [0.2, 0.25) is 10.0 Å². The molecule has 1 aliphatic carbocycles. The predicted octanol–water partition coefficient (Wildman–Crippen LogP) is 1.96. The topological polar surface area (TPSA) is 49.4 Å². The Balaban J connectivity index is 1.95. The third-order valence-electron chi connectivity index (χ3n) is 3.13. The summed E-state index contributed by atoms with van der Waals surface area (Å²) < 4.78 is 40.0. The Labute approximate surface area is 121 Å². The number of hydrogen-bond acceptors (Lipinski definition) is 3. The van der Waals surface area contributed by atoms with Gasteiger partial charge in [-0.05, 0) is 54.0 Å². The van der Waals surface area contributed by atoms with Gasteiger partial charge in [0.05, 0.1) is 9.37 Å². The molecule has 19 heavy (non-hydrogen) atoms. The lowest BCUT2D eigenvalue weighted by Gasteiger charge is -2.15. The maximum absolute atomic E-state index is 13.3. The van der Waals surface area contributed by atoms with Crippen molar-refractivity contribution in [1.29, 1.82) is 0 Å². The van der Waals surface area contributed by atoms with Crippen LogP contribution in [0.2, 0.25) is 0 Å². The summed E-state index contributed by atoms with van der Waals surface area (Å²) in [6.07, 6.45) is 2.36. The highest BCUT2D eigenvalue weighted by Crippen LogP contribution is 2.24. The molecule has 7 heteroatoms. The van der Waals surface area contributed by atoms with E-state index in [4.69, 9.17) is 0 Å². The van der Waals surface area contributed by atoms with Crippen LogP contribution >= 0.6 is 15.9 Å². The van der Waals surface area contributed by atoms with E-state index in [2.05, 4.69) is 25.6 Å². The molecule has 0 bridgehead atoms. The molecule has 0 aromatic heterocycles. The van der Waals surface area contributed by atoms with Crippen molar-refractivity contribution in [3.05, 3.63) is 28.5 Å². The number of halogens is 2. The van der Waals surface area contributed by atoms with E-state index in [1.807, 2.05) is 7.05 Å². The first-order valence-electron chi connectivity index (χ1n) is 6.05. The van der Waals surface area contributed by atoms with Crippen LogP contribution in [0.4, 0.5) is 4.39 Å². The third kappa shape index (κ3) is 3.98.